The quantitative estimate of drug-likeness (QED) is 0.538. The molecule has 1 fully saturated rings. The van der Waals surface area contributed by atoms with Crippen molar-refractivity contribution in [2.24, 2.45) is 0 Å². The molecule has 0 unspecified atom stereocenters. The maximum Gasteiger partial charge on any atom is 0.00951 e. The van der Waals surface area contributed by atoms with E-state index in [1.807, 2.05) is 0 Å². The van der Waals surface area contributed by atoms with E-state index in [9.17, 15) is 0 Å². The van der Waals surface area contributed by atoms with Crippen molar-refractivity contribution in [3.05, 3.63) is 0 Å². The topological polar surface area (TPSA) is 3.24 Å². The van der Waals surface area contributed by atoms with Crippen LogP contribution in [0.4, 0.5) is 0 Å². The Balaban J connectivity index is 2.32. The third-order valence-corrected chi connectivity index (χ3v) is 3.89. The molecule has 1 aliphatic carbocycles. The van der Waals surface area contributed by atoms with Gasteiger partial charge in [-0.2, -0.15) is 0 Å². The predicted molar refractivity (Wildman–Crippen MR) is 67.1 cm³/mol. The van der Waals surface area contributed by atoms with Crippen LogP contribution in [0.5, 0.6) is 0 Å². The Morgan fingerprint density at radius 2 is 1.79 bits per heavy atom. The lowest BCUT2D eigenvalue weighted by Gasteiger charge is -2.29. The molecule has 0 bridgehead atoms. The summed E-state index contributed by atoms with van der Waals surface area (Å²) in [6, 6.07) is 0.890. The average Bonchev–Trinajstić information content (AvgIpc) is 2.48. The fraction of sp³-hybridized carbons (Fsp3) is 1.00. The van der Waals surface area contributed by atoms with Crippen LogP contribution in [0.3, 0.4) is 0 Å². The van der Waals surface area contributed by atoms with Gasteiger partial charge in [-0.3, -0.25) is 0 Å². The minimum atomic E-state index is 0.890. The molecule has 14 heavy (non-hydrogen) atoms. The number of rotatable bonds is 5. The van der Waals surface area contributed by atoms with Crippen LogP contribution in [0.25, 0.3) is 0 Å². The summed E-state index contributed by atoms with van der Waals surface area (Å²) in [7, 11) is 0. The van der Waals surface area contributed by atoms with Crippen molar-refractivity contribution in [2.75, 3.05) is 18.4 Å². The van der Waals surface area contributed by atoms with Crippen molar-refractivity contribution >= 4 is 15.9 Å². The molecule has 0 aromatic rings. The molecule has 1 aliphatic rings. The second kappa shape index (κ2) is 7.70. The summed E-state index contributed by atoms with van der Waals surface area (Å²) in [4.78, 5) is 2.69. The SMILES string of the molecule is CCN(CCCBr)C1CCCCCC1. The van der Waals surface area contributed by atoms with Crippen molar-refractivity contribution in [3.8, 4) is 0 Å². The maximum absolute atomic E-state index is 3.52. The summed E-state index contributed by atoms with van der Waals surface area (Å²) in [6.45, 7) is 4.82. The van der Waals surface area contributed by atoms with Crippen molar-refractivity contribution in [2.45, 2.75) is 57.9 Å². The molecular weight excluding hydrogens is 238 g/mol. The average molecular weight is 262 g/mol. The molecule has 0 amide bonds. The zero-order valence-electron chi connectivity index (χ0n) is 9.47. The van der Waals surface area contributed by atoms with Gasteiger partial charge in [-0.25, -0.2) is 0 Å². The van der Waals surface area contributed by atoms with Crippen molar-refractivity contribution < 1.29 is 0 Å². The minimum Gasteiger partial charge on any atom is -0.301 e. The molecule has 0 atom stereocenters. The Morgan fingerprint density at radius 1 is 1.14 bits per heavy atom. The number of hydrogen-bond donors (Lipinski definition) is 0. The normalized spacial score (nSPS) is 19.9. The Morgan fingerprint density at radius 3 is 2.29 bits per heavy atom. The lowest BCUT2D eigenvalue weighted by Crippen LogP contribution is -2.35. The summed E-state index contributed by atoms with van der Waals surface area (Å²) in [5, 5.41) is 1.15. The maximum atomic E-state index is 3.52. The van der Waals surface area contributed by atoms with E-state index in [-0.39, 0.29) is 0 Å². The Hall–Kier alpha value is 0.440. The largest absolute Gasteiger partial charge is 0.301 e. The Kier molecular flexibility index (Phi) is 6.88. The van der Waals surface area contributed by atoms with E-state index in [1.165, 1.54) is 58.0 Å². The highest BCUT2D eigenvalue weighted by Gasteiger charge is 2.17. The van der Waals surface area contributed by atoms with Crippen LogP contribution in [0.2, 0.25) is 0 Å². The van der Waals surface area contributed by atoms with Gasteiger partial charge < -0.3 is 4.90 Å². The zero-order valence-corrected chi connectivity index (χ0v) is 11.1. The summed E-state index contributed by atoms with van der Waals surface area (Å²) in [6.07, 6.45) is 10.0. The van der Waals surface area contributed by atoms with E-state index >= 15 is 0 Å². The smallest absolute Gasteiger partial charge is 0.00951 e. The van der Waals surface area contributed by atoms with E-state index in [4.69, 9.17) is 0 Å². The molecule has 1 nitrogen and oxygen atoms in total. The Labute approximate surface area is 97.4 Å². The number of alkyl halides is 1. The van der Waals surface area contributed by atoms with Gasteiger partial charge in [0.1, 0.15) is 0 Å². The third kappa shape index (κ3) is 4.31. The van der Waals surface area contributed by atoms with Gasteiger partial charge in [0.25, 0.3) is 0 Å². The van der Waals surface area contributed by atoms with Gasteiger partial charge in [-0.15, -0.1) is 0 Å². The van der Waals surface area contributed by atoms with Crippen molar-refractivity contribution in [3.63, 3.8) is 0 Å². The second-order valence-corrected chi connectivity index (χ2v) is 5.11. The van der Waals surface area contributed by atoms with Crippen molar-refractivity contribution in [1.82, 2.24) is 4.90 Å². The first-order valence-corrected chi connectivity index (χ1v) is 7.30. The van der Waals surface area contributed by atoms with Gasteiger partial charge in [0.05, 0.1) is 0 Å². The monoisotopic (exact) mass is 261 g/mol. The van der Waals surface area contributed by atoms with E-state index in [2.05, 4.69) is 27.8 Å². The first kappa shape index (κ1) is 12.5. The van der Waals surface area contributed by atoms with Crippen LogP contribution < -0.4 is 0 Å². The van der Waals surface area contributed by atoms with Crippen LogP contribution in [0.15, 0.2) is 0 Å². The number of nitrogens with zero attached hydrogens (tertiary/aromatic N) is 1. The van der Waals surface area contributed by atoms with E-state index in [1.54, 1.807) is 0 Å². The number of hydrogen-bond acceptors (Lipinski definition) is 1. The predicted octanol–water partition coefficient (Wildman–Crippen LogP) is 3.82. The molecule has 0 heterocycles. The first-order valence-electron chi connectivity index (χ1n) is 6.18. The molecule has 1 saturated carbocycles. The summed E-state index contributed by atoms with van der Waals surface area (Å²) in [5.74, 6) is 0. The fourth-order valence-electron chi connectivity index (χ4n) is 2.48. The van der Waals surface area contributed by atoms with Gasteiger partial charge in [-0.1, -0.05) is 48.5 Å². The first-order chi connectivity index (χ1) is 6.88. The van der Waals surface area contributed by atoms with Gasteiger partial charge in [0, 0.05) is 11.4 Å². The minimum absolute atomic E-state index is 0.890. The summed E-state index contributed by atoms with van der Waals surface area (Å²) >= 11 is 3.52. The fourth-order valence-corrected chi connectivity index (χ4v) is 2.74. The molecular formula is C12H24BrN. The molecule has 0 spiro atoms. The lowest BCUT2D eigenvalue weighted by atomic mass is 10.1. The molecule has 0 radical (unpaired) electrons. The van der Waals surface area contributed by atoms with Crippen molar-refractivity contribution in [1.29, 1.82) is 0 Å². The zero-order chi connectivity index (χ0) is 10.2. The molecule has 1 rings (SSSR count). The number of halogens is 1. The third-order valence-electron chi connectivity index (χ3n) is 3.33. The molecule has 0 N–H and O–H groups in total. The van der Waals surface area contributed by atoms with E-state index < -0.39 is 0 Å². The summed E-state index contributed by atoms with van der Waals surface area (Å²) in [5.41, 5.74) is 0. The highest BCUT2D eigenvalue weighted by molar-refractivity contribution is 9.09. The van der Waals surface area contributed by atoms with Gasteiger partial charge >= 0.3 is 0 Å². The van der Waals surface area contributed by atoms with Gasteiger partial charge in [-0.05, 0) is 32.4 Å². The lowest BCUT2D eigenvalue weighted by molar-refractivity contribution is 0.189. The van der Waals surface area contributed by atoms with Crippen LogP contribution >= 0.6 is 15.9 Å². The Bertz CT molecular complexity index is 130. The molecule has 0 saturated heterocycles. The van der Waals surface area contributed by atoms with Crippen LogP contribution in [-0.4, -0.2) is 29.4 Å². The van der Waals surface area contributed by atoms with E-state index in [0.29, 0.717) is 0 Å². The van der Waals surface area contributed by atoms with Crippen LogP contribution in [0.1, 0.15) is 51.9 Å². The van der Waals surface area contributed by atoms with E-state index in [0.717, 1.165) is 11.4 Å². The molecule has 0 aromatic carbocycles. The molecule has 0 aliphatic heterocycles. The highest BCUT2D eigenvalue weighted by Crippen LogP contribution is 2.21. The van der Waals surface area contributed by atoms with Gasteiger partial charge in [0.2, 0.25) is 0 Å². The standard InChI is InChI=1S/C12H24BrN/c1-2-14(11-7-10-13)12-8-5-3-4-6-9-12/h12H,2-11H2,1H3. The molecule has 84 valence electrons. The summed E-state index contributed by atoms with van der Waals surface area (Å²) < 4.78 is 0. The molecule has 0 aromatic heterocycles. The second-order valence-electron chi connectivity index (χ2n) is 4.32. The van der Waals surface area contributed by atoms with Crippen LogP contribution in [-0.2, 0) is 0 Å². The highest BCUT2D eigenvalue weighted by atomic mass is 79.9. The van der Waals surface area contributed by atoms with Crippen LogP contribution in [0, 0.1) is 0 Å². The van der Waals surface area contributed by atoms with Gasteiger partial charge in [0.15, 0.2) is 0 Å². The molecule has 2 heteroatoms.